The van der Waals surface area contributed by atoms with Crippen LogP contribution in [0.2, 0.25) is 5.02 Å². The summed E-state index contributed by atoms with van der Waals surface area (Å²) in [5.41, 5.74) is 0.873. The van der Waals surface area contributed by atoms with Gasteiger partial charge in [0.05, 0.1) is 26.2 Å². The van der Waals surface area contributed by atoms with E-state index in [1.165, 1.54) is 31.3 Å². The summed E-state index contributed by atoms with van der Waals surface area (Å²) in [6, 6.07) is 10.6. The maximum atomic E-state index is 13.5. The van der Waals surface area contributed by atoms with Gasteiger partial charge in [-0.3, -0.25) is 13.9 Å². The minimum Gasteiger partial charge on any atom is -0.497 e. The smallest absolute Gasteiger partial charge is 0.244 e. The average molecular weight is 512 g/mol. The van der Waals surface area contributed by atoms with Crippen LogP contribution < -0.4 is 19.1 Å². The van der Waals surface area contributed by atoms with Crippen LogP contribution in [0.4, 0.5) is 5.69 Å². The Bertz CT molecular complexity index is 1130. The summed E-state index contributed by atoms with van der Waals surface area (Å²) in [4.78, 5) is 27.4. The predicted octanol–water partition coefficient (Wildman–Crippen LogP) is 2.68. The zero-order chi connectivity index (χ0) is 25.5. The zero-order valence-corrected chi connectivity index (χ0v) is 21.4. The Balaban J connectivity index is 2.46. The molecule has 2 aromatic rings. The van der Waals surface area contributed by atoms with E-state index in [-0.39, 0.29) is 23.9 Å². The second kappa shape index (κ2) is 11.9. The molecule has 0 aliphatic carbocycles. The number of halogens is 1. The van der Waals surface area contributed by atoms with Crippen LogP contribution in [0.3, 0.4) is 0 Å². The van der Waals surface area contributed by atoms with Crippen molar-refractivity contribution in [1.82, 2.24) is 10.2 Å². The van der Waals surface area contributed by atoms with Crippen molar-refractivity contribution in [2.45, 2.75) is 26.4 Å². The zero-order valence-electron chi connectivity index (χ0n) is 19.9. The number of carbonyl (C=O) groups excluding carboxylic acids is 2. The fourth-order valence-electron chi connectivity index (χ4n) is 3.32. The summed E-state index contributed by atoms with van der Waals surface area (Å²) in [5.74, 6) is -0.239. The van der Waals surface area contributed by atoms with Crippen LogP contribution >= 0.6 is 11.6 Å². The molecule has 0 aliphatic heterocycles. The van der Waals surface area contributed by atoms with Gasteiger partial charge < -0.3 is 19.7 Å². The van der Waals surface area contributed by atoms with Gasteiger partial charge in [0.25, 0.3) is 0 Å². The van der Waals surface area contributed by atoms with Crippen molar-refractivity contribution >= 4 is 39.1 Å². The van der Waals surface area contributed by atoms with Crippen LogP contribution in [0.1, 0.15) is 19.4 Å². The maximum Gasteiger partial charge on any atom is 0.244 e. The molecule has 0 heterocycles. The third-order valence-corrected chi connectivity index (χ3v) is 6.46. The molecule has 11 heteroatoms. The molecule has 2 amide bonds. The number of sulfonamides is 1. The number of benzene rings is 2. The number of methoxy groups -OCH3 is 2. The van der Waals surface area contributed by atoms with Crippen molar-refractivity contribution in [1.29, 1.82) is 0 Å². The van der Waals surface area contributed by atoms with Crippen LogP contribution in [0.15, 0.2) is 42.5 Å². The van der Waals surface area contributed by atoms with Gasteiger partial charge in [0.2, 0.25) is 21.8 Å². The van der Waals surface area contributed by atoms with Crippen LogP contribution in [0.5, 0.6) is 11.5 Å². The highest BCUT2D eigenvalue weighted by molar-refractivity contribution is 7.92. The lowest BCUT2D eigenvalue weighted by Crippen LogP contribution is -2.51. The summed E-state index contributed by atoms with van der Waals surface area (Å²) in [6.45, 7) is 3.28. The molecule has 0 saturated carbocycles. The Morgan fingerprint density at radius 2 is 1.82 bits per heavy atom. The Labute approximate surface area is 205 Å². The van der Waals surface area contributed by atoms with Crippen molar-refractivity contribution < 1.29 is 27.5 Å². The van der Waals surface area contributed by atoms with Gasteiger partial charge in [-0.05, 0) is 43.7 Å². The number of rotatable bonds is 11. The van der Waals surface area contributed by atoms with Crippen molar-refractivity contribution in [3.05, 3.63) is 53.1 Å². The Hall–Kier alpha value is -2.98. The topological polar surface area (TPSA) is 105 Å². The molecule has 2 aromatic carbocycles. The first kappa shape index (κ1) is 27.3. The lowest BCUT2D eigenvalue weighted by Gasteiger charge is -2.31. The number of carbonyl (C=O) groups is 2. The minimum absolute atomic E-state index is 0.0645. The van der Waals surface area contributed by atoms with E-state index in [1.807, 2.05) is 0 Å². The summed E-state index contributed by atoms with van der Waals surface area (Å²) >= 11 is 6.09. The third-order valence-electron chi connectivity index (χ3n) is 5.10. The second-order valence-corrected chi connectivity index (χ2v) is 9.87. The fraction of sp³-hybridized carbons (Fsp3) is 0.391. The van der Waals surface area contributed by atoms with Crippen LogP contribution in [0.25, 0.3) is 0 Å². The summed E-state index contributed by atoms with van der Waals surface area (Å²) in [5, 5.41) is 3.18. The highest BCUT2D eigenvalue weighted by atomic mass is 35.5. The van der Waals surface area contributed by atoms with Crippen molar-refractivity contribution in [2.75, 3.05) is 37.9 Å². The van der Waals surface area contributed by atoms with E-state index in [4.69, 9.17) is 21.1 Å². The lowest BCUT2D eigenvalue weighted by molar-refractivity contribution is -0.139. The second-order valence-electron chi connectivity index (χ2n) is 7.53. The van der Waals surface area contributed by atoms with E-state index in [0.717, 1.165) is 10.6 Å². The van der Waals surface area contributed by atoms with Gasteiger partial charge in [-0.1, -0.05) is 23.7 Å². The molecule has 186 valence electrons. The maximum absolute atomic E-state index is 13.5. The molecule has 1 unspecified atom stereocenters. The molecular formula is C23H30ClN3O6S. The number of hydrogen-bond acceptors (Lipinski definition) is 6. The number of nitrogens with one attached hydrogen (secondary N) is 1. The van der Waals surface area contributed by atoms with Gasteiger partial charge in [-0.15, -0.1) is 0 Å². The SMILES string of the molecule is CCNC(=O)C(C)N(Cc1cccc(Cl)c1)C(=O)CN(c1ccc(OC)cc1OC)S(C)(=O)=O. The lowest BCUT2D eigenvalue weighted by atomic mass is 10.1. The first-order valence-corrected chi connectivity index (χ1v) is 12.8. The molecule has 2 rings (SSSR count). The number of ether oxygens (including phenoxy) is 2. The standard InChI is InChI=1S/C23H30ClN3O6S/c1-6-25-23(29)16(2)26(14-17-8-7-9-18(24)12-17)22(28)15-27(34(5,30)31)20-11-10-19(32-3)13-21(20)33-4/h7-13,16H,6,14-15H2,1-5H3,(H,25,29). The molecule has 9 nitrogen and oxygen atoms in total. The average Bonchev–Trinajstić information content (AvgIpc) is 2.79. The molecule has 0 fully saturated rings. The van der Waals surface area contributed by atoms with Crippen LogP contribution in [-0.4, -0.2) is 64.7 Å². The normalized spacial score (nSPS) is 11.9. The predicted molar refractivity (Wildman–Crippen MR) is 132 cm³/mol. The highest BCUT2D eigenvalue weighted by Gasteiger charge is 2.31. The van der Waals surface area contributed by atoms with E-state index in [1.54, 1.807) is 44.2 Å². The Morgan fingerprint density at radius 3 is 2.38 bits per heavy atom. The Morgan fingerprint density at radius 1 is 1.12 bits per heavy atom. The molecule has 0 radical (unpaired) electrons. The Kier molecular flexibility index (Phi) is 9.57. The van der Waals surface area contributed by atoms with Crippen LogP contribution in [0, 0.1) is 0 Å². The molecule has 0 saturated heterocycles. The van der Waals surface area contributed by atoms with Gasteiger partial charge in [0.1, 0.15) is 24.1 Å². The fourth-order valence-corrected chi connectivity index (χ4v) is 4.39. The molecule has 1 N–H and O–H groups in total. The number of anilines is 1. The summed E-state index contributed by atoms with van der Waals surface area (Å²) in [7, 11) is -1.02. The van der Waals surface area contributed by atoms with Gasteiger partial charge in [-0.25, -0.2) is 8.42 Å². The molecular weight excluding hydrogens is 482 g/mol. The molecule has 0 spiro atoms. The number of nitrogens with zero attached hydrogens (tertiary/aromatic N) is 2. The van der Waals surface area contributed by atoms with Gasteiger partial charge in [0, 0.05) is 24.2 Å². The first-order chi connectivity index (χ1) is 16.0. The largest absolute Gasteiger partial charge is 0.497 e. The molecule has 34 heavy (non-hydrogen) atoms. The molecule has 1 atom stereocenters. The summed E-state index contributed by atoms with van der Waals surface area (Å²) in [6.07, 6.45) is 0.998. The molecule has 0 aromatic heterocycles. The number of hydrogen-bond donors (Lipinski definition) is 1. The van der Waals surface area contributed by atoms with Crippen molar-refractivity contribution in [3.8, 4) is 11.5 Å². The van der Waals surface area contributed by atoms with Gasteiger partial charge in [0.15, 0.2) is 0 Å². The number of likely N-dealkylation sites (N-methyl/N-ethyl adjacent to an activating group) is 1. The van der Waals surface area contributed by atoms with E-state index >= 15 is 0 Å². The van der Waals surface area contributed by atoms with Gasteiger partial charge in [-0.2, -0.15) is 0 Å². The van der Waals surface area contributed by atoms with Crippen LogP contribution in [-0.2, 0) is 26.2 Å². The number of amides is 2. The summed E-state index contributed by atoms with van der Waals surface area (Å²) < 4.78 is 36.9. The molecule has 0 aliphatic rings. The first-order valence-electron chi connectivity index (χ1n) is 10.5. The third kappa shape index (κ3) is 7.01. The van der Waals surface area contributed by atoms with Crippen molar-refractivity contribution in [3.63, 3.8) is 0 Å². The van der Waals surface area contributed by atoms with E-state index in [0.29, 0.717) is 22.9 Å². The van der Waals surface area contributed by atoms with E-state index in [9.17, 15) is 18.0 Å². The van der Waals surface area contributed by atoms with E-state index in [2.05, 4.69) is 5.32 Å². The van der Waals surface area contributed by atoms with E-state index < -0.39 is 28.5 Å². The quantitative estimate of drug-likeness (QED) is 0.497. The van der Waals surface area contributed by atoms with Crippen molar-refractivity contribution in [2.24, 2.45) is 0 Å². The van der Waals surface area contributed by atoms with Gasteiger partial charge >= 0.3 is 0 Å². The highest BCUT2D eigenvalue weighted by Crippen LogP contribution is 2.33. The monoisotopic (exact) mass is 511 g/mol. The molecule has 0 bridgehead atoms. The minimum atomic E-state index is -3.89.